The van der Waals surface area contributed by atoms with E-state index in [1.807, 2.05) is 0 Å². The Morgan fingerprint density at radius 2 is 2.36 bits per heavy atom. The highest BCUT2D eigenvalue weighted by atomic mass is 16.5. The lowest BCUT2D eigenvalue weighted by Crippen LogP contribution is -2.34. The molecule has 0 aliphatic rings. The van der Waals surface area contributed by atoms with E-state index < -0.39 is 5.91 Å². The van der Waals surface area contributed by atoms with Crippen LogP contribution in [-0.2, 0) is 7.05 Å². The second-order valence-corrected chi connectivity index (χ2v) is 2.15. The van der Waals surface area contributed by atoms with Crippen LogP contribution in [0.15, 0.2) is 6.33 Å². The van der Waals surface area contributed by atoms with Crippen LogP contribution in [0.25, 0.3) is 0 Å². The van der Waals surface area contributed by atoms with Gasteiger partial charge >= 0.3 is 0 Å². The molecule has 0 unspecified atom stereocenters. The molecule has 4 N–H and O–H groups in total. The van der Waals surface area contributed by atoms with Crippen molar-refractivity contribution in [3.8, 4) is 0 Å². The van der Waals surface area contributed by atoms with Crippen LogP contribution < -0.4 is 16.2 Å². The number of amides is 1. The fourth-order valence-corrected chi connectivity index (χ4v) is 0.792. The van der Waals surface area contributed by atoms with Gasteiger partial charge in [-0.15, -0.1) is 0 Å². The summed E-state index contributed by atoms with van der Waals surface area (Å²) in [6.45, 7) is 0. The summed E-state index contributed by atoms with van der Waals surface area (Å²) in [4.78, 5) is 10.6. The smallest absolute Gasteiger partial charge is 0.295 e. The van der Waals surface area contributed by atoms with Crippen LogP contribution >= 0.6 is 0 Å². The number of hydrogen-bond donors (Lipinski definition) is 2. The fourth-order valence-electron chi connectivity index (χ4n) is 0.792. The molecule has 0 aliphatic carbocycles. The first-order valence-electron chi connectivity index (χ1n) is 2.87. The highest BCUT2D eigenvalue weighted by Crippen LogP contribution is 2.03. The number of aromatic nitrogens is 2. The van der Waals surface area contributed by atoms with E-state index in [0.29, 0.717) is 4.73 Å². The lowest BCUT2D eigenvalue weighted by molar-refractivity contribution is -0.606. The number of nitrogen functional groups attached to an aromatic ring is 1. The van der Waals surface area contributed by atoms with Crippen LogP contribution in [0, 0.1) is 5.21 Å². The van der Waals surface area contributed by atoms with Crippen molar-refractivity contribution in [2.75, 3.05) is 5.73 Å². The Bertz CT molecular complexity index is 304. The summed E-state index contributed by atoms with van der Waals surface area (Å²) in [6.07, 6.45) is 1.13. The van der Waals surface area contributed by atoms with Crippen molar-refractivity contribution < 1.29 is 9.52 Å². The van der Waals surface area contributed by atoms with Gasteiger partial charge in [-0.25, -0.2) is 9.30 Å². The van der Waals surface area contributed by atoms with Crippen molar-refractivity contribution in [2.24, 2.45) is 12.8 Å². The van der Waals surface area contributed by atoms with Crippen molar-refractivity contribution in [1.82, 2.24) is 4.57 Å². The number of primary amides is 1. The SMILES string of the molecule is Cn1c[n+]([O-])c(C(N)=O)c1N. The van der Waals surface area contributed by atoms with E-state index in [-0.39, 0.29) is 11.5 Å². The van der Waals surface area contributed by atoms with E-state index in [9.17, 15) is 10.0 Å². The number of nitrogens with two attached hydrogens (primary N) is 2. The molecule has 0 bridgehead atoms. The molecule has 0 saturated heterocycles. The van der Waals surface area contributed by atoms with Crippen LogP contribution in [0.1, 0.15) is 10.5 Å². The summed E-state index contributed by atoms with van der Waals surface area (Å²) in [5, 5.41) is 10.8. The maximum atomic E-state index is 10.8. The van der Waals surface area contributed by atoms with Gasteiger partial charge in [-0.3, -0.25) is 4.79 Å². The van der Waals surface area contributed by atoms with E-state index >= 15 is 0 Å². The molecule has 1 aromatic heterocycles. The van der Waals surface area contributed by atoms with Gasteiger partial charge in [-0.2, -0.15) is 0 Å². The van der Waals surface area contributed by atoms with Gasteiger partial charge in [0.1, 0.15) is 0 Å². The normalized spacial score (nSPS) is 9.91. The Morgan fingerprint density at radius 1 is 1.82 bits per heavy atom. The predicted octanol–water partition coefficient (Wildman–Crippen LogP) is -1.66. The summed E-state index contributed by atoms with van der Waals surface area (Å²) >= 11 is 0. The van der Waals surface area contributed by atoms with Crippen molar-refractivity contribution in [1.29, 1.82) is 0 Å². The largest absolute Gasteiger partial charge is 0.710 e. The molecule has 11 heavy (non-hydrogen) atoms. The first kappa shape index (κ1) is 7.39. The maximum Gasteiger partial charge on any atom is 0.295 e. The van der Waals surface area contributed by atoms with Crippen molar-refractivity contribution in [3.05, 3.63) is 17.2 Å². The van der Waals surface area contributed by atoms with Gasteiger partial charge in [0.05, 0.1) is 7.05 Å². The van der Waals surface area contributed by atoms with Gasteiger partial charge in [0.15, 0.2) is 0 Å². The zero-order valence-electron chi connectivity index (χ0n) is 5.94. The minimum atomic E-state index is -0.821. The Labute approximate surface area is 62.6 Å². The summed E-state index contributed by atoms with van der Waals surface area (Å²) in [7, 11) is 1.55. The third-order valence-electron chi connectivity index (χ3n) is 1.35. The summed E-state index contributed by atoms with van der Waals surface area (Å²) in [5.74, 6) is -0.745. The average Bonchev–Trinajstić information content (AvgIpc) is 2.07. The Kier molecular flexibility index (Phi) is 1.45. The molecule has 1 rings (SSSR count). The number of nitrogens with zero attached hydrogens (tertiary/aromatic N) is 2. The highest BCUT2D eigenvalue weighted by Gasteiger charge is 2.19. The van der Waals surface area contributed by atoms with E-state index in [1.54, 1.807) is 7.05 Å². The van der Waals surface area contributed by atoms with Gasteiger partial charge in [0, 0.05) is 0 Å². The number of carbonyl (C=O) groups excluding carboxylic acids is 1. The fraction of sp³-hybridized carbons (Fsp3) is 0.200. The molecule has 0 aliphatic heterocycles. The monoisotopic (exact) mass is 156 g/mol. The van der Waals surface area contributed by atoms with Gasteiger partial charge in [0.2, 0.25) is 12.1 Å². The first-order chi connectivity index (χ1) is 5.04. The molecule has 0 radical (unpaired) electrons. The van der Waals surface area contributed by atoms with E-state index in [0.717, 1.165) is 6.33 Å². The molecule has 1 aromatic rings. The first-order valence-corrected chi connectivity index (χ1v) is 2.87. The molecule has 60 valence electrons. The van der Waals surface area contributed by atoms with Crippen LogP contribution in [0.3, 0.4) is 0 Å². The van der Waals surface area contributed by atoms with Gasteiger partial charge in [-0.05, 0) is 0 Å². The van der Waals surface area contributed by atoms with Gasteiger partial charge in [0.25, 0.3) is 11.6 Å². The molecule has 0 fully saturated rings. The topological polar surface area (TPSA) is 101 Å². The number of anilines is 1. The Hall–Kier alpha value is -1.72. The summed E-state index contributed by atoms with van der Waals surface area (Å²) < 4.78 is 1.67. The second kappa shape index (κ2) is 2.15. The quantitative estimate of drug-likeness (QED) is 0.375. The third kappa shape index (κ3) is 0.977. The Morgan fingerprint density at radius 3 is 2.55 bits per heavy atom. The highest BCUT2D eigenvalue weighted by molar-refractivity contribution is 5.93. The molecule has 0 aromatic carbocycles. The van der Waals surface area contributed by atoms with Crippen LogP contribution in [-0.4, -0.2) is 10.5 Å². The molecule has 1 heterocycles. The zero-order valence-corrected chi connectivity index (χ0v) is 5.94. The molecule has 0 saturated carbocycles. The molecular formula is C5H8N4O2. The van der Waals surface area contributed by atoms with Gasteiger partial charge < -0.3 is 16.7 Å². The van der Waals surface area contributed by atoms with Crippen molar-refractivity contribution in [3.63, 3.8) is 0 Å². The standard InChI is InChI=1S/C5H8N4O2/c1-8-2-9(11)3(4(8)6)5(7)10/h2H,6H2,1H3,(H2,7,10). The van der Waals surface area contributed by atoms with Crippen LogP contribution in [0.4, 0.5) is 5.82 Å². The lowest BCUT2D eigenvalue weighted by atomic mass is 10.4. The molecule has 1 amide bonds. The summed E-state index contributed by atoms with van der Waals surface area (Å²) in [6, 6.07) is 0. The van der Waals surface area contributed by atoms with Gasteiger partial charge in [-0.1, -0.05) is 0 Å². The average molecular weight is 156 g/mol. The number of rotatable bonds is 1. The molecule has 6 nitrogen and oxygen atoms in total. The van der Waals surface area contributed by atoms with Crippen LogP contribution in [0.2, 0.25) is 0 Å². The minimum Gasteiger partial charge on any atom is -0.710 e. The molecule has 0 atom stereocenters. The minimum absolute atomic E-state index is 0.0764. The zero-order chi connectivity index (χ0) is 8.59. The second-order valence-electron chi connectivity index (χ2n) is 2.15. The van der Waals surface area contributed by atoms with Crippen molar-refractivity contribution in [2.45, 2.75) is 0 Å². The molecular weight excluding hydrogens is 148 g/mol. The molecule has 0 spiro atoms. The number of carbonyl (C=O) groups is 1. The van der Waals surface area contributed by atoms with E-state index in [2.05, 4.69) is 0 Å². The summed E-state index contributed by atoms with van der Waals surface area (Å²) in [5.41, 5.74) is 10.0. The van der Waals surface area contributed by atoms with E-state index in [1.165, 1.54) is 4.57 Å². The number of imidazole rings is 1. The number of aryl methyl sites for hydroxylation is 1. The van der Waals surface area contributed by atoms with Crippen LogP contribution in [0.5, 0.6) is 0 Å². The van der Waals surface area contributed by atoms with Crippen molar-refractivity contribution >= 4 is 11.7 Å². The predicted molar refractivity (Wildman–Crippen MR) is 37.3 cm³/mol. The maximum absolute atomic E-state index is 10.8. The third-order valence-corrected chi connectivity index (χ3v) is 1.35. The Balaban J connectivity index is 3.34. The lowest BCUT2D eigenvalue weighted by Gasteiger charge is -1.96. The molecule has 6 heteroatoms. The van der Waals surface area contributed by atoms with E-state index in [4.69, 9.17) is 11.5 Å². The number of hydrogen-bond acceptors (Lipinski definition) is 3.